The molecule has 0 atom stereocenters. The third kappa shape index (κ3) is 4.14. The summed E-state index contributed by atoms with van der Waals surface area (Å²) in [7, 11) is 3.72. The van der Waals surface area contributed by atoms with Gasteiger partial charge in [-0.05, 0) is 60.7 Å². The van der Waals surface area contributed by atoms with Gasteiger partial charge in [-0.1, -0.05) is 6.07 Å². The predicted molar refractivity (Wildman–Crippen MR) is 139 cm³/mol. The molecular formula is C27H21FN8O. The van der Waals surface area contributed by atoms with Crippen molar-refractivity contribution in [3.8, 4) is 22.6 Å². The van der Waals surface area contributed by atoms with Crippen molar-refractivity contribution in [3.05, 3.63) is 96.7 Å². The van der Waals surface area contributed by atoms with Gasteiger partial charge in [0.2, 0.25) is 0 Å². The van der Waals surface area contributed by atoms with Gasteiger partial charge in [0.15, 0.2) is 11.5 Å². The van der Waals surface area contributed by atoms with E-state index >= 15 is 0 Å². The molecule has 10 heteroatoms. The molecule has 0 saturated heterocycles. The number of rotatable bonds is 5. The van der Waals surface area contributed by atoms with Crippen molar-refractivity contribution >= 4 is 28.8 Å². The zero-order valence-electron chi connectivity index (χ0n) is 20.0. The van der Waals surface area contributed by atoms with Crippen LogP contribution in [0.3, 0.4) is 0 Å². The second kappa shape index (κ2) is 8.83. The molecule has 0 unspecified atom stereocenters. The fraction of sp³-hybridized carbons (Fsp3) is 0.0741. The van der Waals surface area contributed by atoms with Crippen LogP contribution in [0.25, 0.3) is 33.9 Å². The molecule has 6 rings (SSSR count). The summed E-state index contributed by atoms with van der Waals surface area (Å²) in [6.45, 7) is 0. The van der Waals surface area contributed by atoms with Crippen molar-refractivity contribution in [2.45, 2.75) is 0 Å². The Bertz CT molecular complexity index is 1770. The van der Waals surface area contributed by atoms with E-state index in [1.54, 1.807) is 41.2 Å². The summed E-state index contributed by atoms with van der Waals surface area (Å²) in [5.74, 6) is 0.439. The zero-order valence-corrected chi connectivity index (χ0v) is 20.0. The second-order valence-corrected chi connectivity index (χ2v) is 8.64. The van der Waals surface area contributed by atoms with E-state index < -0.39 is 0 Å². The van der Waals surface area contributed by atoms with E-state index in [0.717, 1.165) is 16.9 Å². The maximum Gasteiger partial charge on any atom is 0.257 e. The van der Waals surface area contributed by atoms with Crippen molar-refractivity contribution < 1.29 is 9.18 Å². The number of anilines is 2. The smallest absolute Gasteiger partial charge is 0.257 e. The minimum atomic E-state index is -0.314. The number of hydrogen-bond donors (Lipinski definition) is 1. The average molecular weight is 493 g/mol. The van der Waals surface area contributed by atoms with Gasteiger partial charge in [-0.25, -0.2) is 23.9 Å². The molecule has 6 aromatic rings. The minimum Gasteiger partial charge on any atom is -0.363 e. The molecule has 0 saturated carbocycles. The predicted octanol–water partition coefficient (Wildman–Crippen LogP) is 4.56. The lowest BCUT2D eigenvalue weighted by atomic mass is 10.1. The van der Waals surface area contributed by atoms with E-state index in [1.807, 2.05) is 59.9 Å². The minimum absolute atomic E-state index is 0.297. The fourth-order valence-electron chi connectivity index (χ4n) is 4.11. The molecule has 5 heterocycles. The molecule has 1 amide bonds. The summed E-state index contributed by atoms with van der Waals surface area (Å²) in [4.78, 5) is 28.2. The number of carbonyl (C=O) groups excluding carboxylic acids is 1. The van der Waals surface area contributed by atoms with Gasteiger partial charge in [-0.3, -0.25) is 9.20 Å². The van der Waals surface area contributed by atoms with Crippen molar-refractivity contribution in [2.24, 2.45) is 0 Å². The van der Waals surface area contributed by atoms with Crippen LogP contribution >= 0.6 is 0 Å². The van der Waals surface area contributed by atoms with Gasteiger partial charge in [-0.15, -0.1) is 0 Å². The van der Waals surface area contributed by atoms with E-state index in [9.17, 15) is 9.18 Å². The van der Waals surface area contributed by atoms with Crippen LogP contribution in [0.1, 0.15) is 10.4 Å². The number of nitrogens with one attached hydrogen (secondary N) is 1. The van der Waals surface area contributed by atoms with Crippen molar-refractivity contribution in [1.82, 2.24) is 29.0 Å². The van der Waals surface area contributed by atoms with E-state index in [4.69, 9.17) is 10.1 Å². The van der Waals surface area contributed by atoms with Gasteiger partial charge < -0.3 is 10.2 Å². The van der Waals surface area contributed by atoms with Crippen LogP contribution < -0.4 is 10.2 Å². The molecule has 9 nitrogen and oxygen atoms in total. The van der Waals surface area contributed by atoms with E-state index in [-0.39, 0.29) is 11.7 Å². The number of fused-ring (bicyclic) bond motifs is 2. The summed E-state index contributed by atoms with van der Waals surface area (Å²) in [5, 5.41) is 7.59. The Morgan fingerprint density at radius 2 is 1.81 bits per heavy atom. The van der Waals surface area contributed by atoms with Crippen LogP contribution in [-0.4, -0.2) is 49.0 Å². The maximum absolute atomic E-state index is 13.6. The molecule has 0 aliphatic heterocycles. The van der Waals surface area contributed by atoms with Crippen LogP contribution in [0.4, 0.5) is 16.0 Å². The number of carbonyl (C=O) groups is 1. The van der Waals surface area contributed by atoms with Crippen molar-refractivity contribution in [1.29, 1.82) is 0 Å². The fourth-order valence-corrected chi connectivity index (χ4v) is 4.11. The van der Waals surface area contributed by atoms with Gasteiger partial charge in [-0.2, -0.15) is 5.10 Å². The molecule has 0 spiro atoms. The first kappa shape index (κ1) is 22.4. The largest absolute Gasteiger partial charge is 0.363 e. The lowest BCUT2D eigenvalue weighted by Gasteiger charge is -2.11. The first-order chi connectivity index (χ1) is 18.0. The van der Waals surface area contributed by atoms with Crippen LogP contribution in [0.2, 0.25) is 0 Å². The molecular weight excluding hydrogens is 471 g/mol. The quantitative estimate of drug-likeness (QED) is 0.379. The average Bonchev–Trinajstić information content (AvgIpc) is 3.49. The number of hydrogen-bond acceptors (Lipinski definition) is 6. The van der Waals surface area contributed by atoms with Crippen molar-refractivity contribution in [2.75, 3.05) is 24.3 Å². The molecule has 0 aliphatic rings. The molecule has 182 valence electrons. The lowest BCUT2D eigenvalue weighted by molar-refractivity contribution is 0.102. The van der Waals surface area contributed by atoms with E-state index in [0.29, 0.717) is 34.2 Å². The van der Waals surface area contributed by atoms with Crippen LogP contribution in [0, 0.1) is 5.82 Å². The topological polar surface area (TPSA) is 92.7 Å². The lowest BCUT2D eigenvalue weighted by Crippen LogP contribution is -2.15. The Balaban J connectivity index is 1.38. The summed E-state index contributed by atoms with van der Waals surface area (Å²) in [6.07, 6.45) is 5.16. The third-order valence-electron chi connectivity index (χ3n) is 5.92. The molecule has 0 fully saturated rings. The molecule has 0 bridgehead atoms. The Kier molecular flexibility index (Phi) is 5.33. The number of imidazole rings is 2. The molecule has 1 aromatic carbocycles. The highest BCUT2D eigenvalue weighted by Gasteiger charge is 2.18. The number of halogens is 1. The van der Waals surface area contributed by atoms with Gasteiger partial charge >= 0.3 is 0 Å². The monoisotopic (exact) mass is 492 g/mol. The highest BCUT2D eigenvalue weighted by atomic mass is 19.1. The Hall–Kier alpha value is -5.12. The normalized spacial score (nSPS) is 11.2. The number of pyridine rings is 2. The third-order valence-corrected chi connectivity index (χ3v) is 5.92. The second-order valence-electron chi connectivity index (χ2n) is 8.64. The molecule has 0 aliphatic carbocycles. The SMILES string of the molecule is CN(C)c1cc(C(=O)Nc2cn3nc(-c4c(-c5ccc(F)cc5)nc5ccccn45)ccc3n2)ccn1. The molecule has 1 N–H and O–H groups in total. The summed E-state index contributed by atoms with van der Waals surface area (Å²) < 4.78 is 17.1. The van der Waals surface area contributed by atoms with Crippen LogP contribution in [0.5, 0.6) is 0 Å². The number of benzene rings is 1. The van der Waals surface area contributed by atoms with Gasteiger partial charge in [0.25, 0.3) is 5.91 Å². The first-order valence-electron chi connectivity index (χ1n) is 11.5. The first-order valence-corrected chi connectivity index (χ1v) is 11.5. The Labute approximate surface area is 210 Å². The Morgan fingerprint density at radius 1 is 0.973 bits per heavy atom. The van der Waals surface area contributed by atoms with Gasteiger partial charge in [0.05, 0.1) is 11.9 Å². The summed E-state index contributed by atoms with van der Waals surface area (Å²) in [5.41, 5.74) is 4.64. The highest BCUT2D eigenvalue weighted by molar-refractivity contribution is 6.04. The highest BCUT2D eigenvalue weighted by Crippen LogP contribution is 2.32. The zero-order chi connectivity index (χ0) is 25.5. The van der Waals surface area contributed by atoms with Crippen LogP contribution in [0.15, 0.2) is 85.3 Å². The van der Waals surface area contributed by atoms with Gasteiger partial charge in [0, 0.05) is 37.6 Å². The standard InChI is InChI=1S/C27H21FN8O/c1-34(2)24-15-18(12-13-29-24)27(37)31-21-16-36-23(30-21)11-10-20(33-36)26-25(17-6-8-19(28)9-7-17)32-22-5-3-4-14-35(22)26/h3-16H,1-2H3,(H,31,37). The summed E-state index contributed by atoms with van der Waals surface area (Å²) in [6, 6.07) is 19.0. The maximum atomic E-state index is 13.6. The number of nitrogens with zero attached hydrogens (tertiary/aromatic N) is 7. The Morgan fingerprint density at radius 3 is 2.62 bits per heavy atom. The summed E-state index contributed by atoms with van der Waals surface area (Å²) >= 11 is 0. The van der Waals surface area contributed by atoms with Crippen LogP contribution in [-0.2, 0) is 0 Å². The molecule has 0 radical (unpaired) electrons. The molecule has 37 heavy (non-hydrogen) atoms. The van der Waals surface area contributed by atoms with E-state index in [1.165, 1.54) is 12.1 Å². The van der Waals surface area contributed by atoms with E-state index in [2.05, 4.69) is 15.3 Å². The van der Waals surface area contributed by atoms with Gasteiger partial charge in [0.1, 0.15) is 28.7 Å². The number of amides is 1. The van der Waals surface area contributed by atoms with Crippen molar-refractivity contribution in [3.63, 3.8) is 0 Å². The number of aromatic nitrogens is 6. The molecule has 5 aromatic heterocycles.